The van der Waals surface area contributed by atoms with Gasteiger partial charge in [-0.2, -0.15) is 10.2 Å². The standard InChI is InChI=1S/C24H28N4O2/c29-22(25-15-17-5-6-17)13-19-14-24(21-4-2-1-3-20(19)21)8-11-28(12-9-24)23(30)18-7-10-26-27-16-18/h1-4,7,10,16-17,19H,5-6,8-9,11-15H2,(H,25,29). The van der Waals surface area contributed by atoms with Crippen molar-refractivity contribution in [2.45, 2.75) is 49.9 Å². The van der Waals surface area contributed by atoms with E-state index in [0.29, 0.717) is 17.9 Å². The minimum absolute atomic E-state index is 0.0297. The predicted octanol–water partition coefficient (Wildman–Crippen LogP) is 3.05. The largest absolute Gasteiger partial charge is 0.356 e. The second kappa shape index (κ2) is 7.82. The third-order valence-corrected chi connectivity index (χ3v) is 7.16. The van der Waals surface area contributed by atoms with Crippen molar-refractivity contribution in [3.8, 4) is 0 Å². The van der Waals surface area contributed by atoms with Crippen LogP contribution in [0.1, 0.15) is 65.9 Å². The lowest BCUT2D eigenvalue weighted by Gasteiger charge is -2.40. The Balaban J connectivity index is 1.28. The maximum Gasteiger partial charge on any atom is 0.255 e. The first-order valence-electron chi connectivity index (χ1n) is 11.1. The summed E-state index contributed by atoms with van der Waals surface area (Å²) in [6.07, 6.45) is 9.04. The zero-order valence-electron chi connectivity index (χ0n) is 17.2. The van der Waals surface area contributed by atoms with E-state index >= 15 is 0 Å². The number of likely N-dealkylation sites (tertiary alicyclic amines) is 1. The Labute approximate surface area is 177 Å². The summed E-state index contributed by atoms with van der Waals surface area (Å²) in [7, 11) is 0. The SMILES string of the molecule is O=C(CC1CC2(CCN(C(=O)c3ccnnc3)CC2)c2ccccc21)NCC1CC1. The van der Waals surface area contributed by atoms with Gasteiger partial charge in [0.25, 0.3) is 5.91 Å². The van der Waals surface area contributed by atoms with Gasteiger partial charge in [-0.05, 0) is 66.5 Å². The van der Waals surface area contributed by atoms with E-state index in [0.717, 1.165) is 38.9 Å². The van der Waals surface area contributed by atoms with Crippen LogP contribution < -0.4 is 5.32 Å². The molecule has 156 valence electrons. The van der Waals surface area contributed by atoms with Gasteiger partial charge < -0.3 is 10.2 Å². The first kappa shape index (κ1) is 19.2. The van der Waals surface area contributed by atoms with Crippen LogP contribution in [0.25, 0.3) is 0 Å². The lowest BCUT2D eigenvalue weighted by molar-refractivity contribution is -0.121. The maximum atomic E-state index is 12.8. The summed E-state index contributed by atoms with van der Waals surface area (Å²) in [5.41, 5.74) is 3.39. The highest BCUT2D eigenvalue weighted by molar-refractivity contribution is 5.93. The number of nitrogens with one attached hydrogen (secondary N) is 1. The lowest BCUT2D eigenvalue weighted by atomic mass is 9.73. The number of carbonyl (C=O) groups is 2. The van der Waals surface area contributed by atoms with E-state index in [1.54, 1.807) is 12.3 Å². The number of benzene rings is 1. The van der Waals surface area contributed by atoms with Gasteiger partial charge in [-0.3, -0.25) is 9.59 Å². The Morgan fingerprint density at radius 2 is 1.90 bits per heavy atom. The highest BCUT2D eigenvalue weighted by Crippen LogP contribution is 2.52. The Hall–Kier alpha value is -2.76. The van der Waals surface area contributed by atoms with E-state index in [1.807, 2.05) is 4.90 Å². The van der Waals surface area contributed by atoms with Gasteiger partial charge in [-0.25, -0.2) is 0 Å². The summed E-state index contributed by atoms with van der Waals surface area (Å²) >= 11 is 0. The van der Waals surface area contributed by atoms with Crippen molar-refractivity contribution >= 4 is 11.8 Å². The molecule has 30 heavy (non-hydrogen) atoms. The smallest absolute Gasteiger partial charge is 0.255 e. The Morgan fingerprint density at radius 3 is 2.63 bits per heavy atom. The monoisotopic (exact) mass is 404 g/mol. The zero-order valence-corrected chi connectivity index (χ0v) is 17.2. The molecule has 1 saturated heterocycles. The molecule has 0 radical (unpaired) electrons. The molecule has 2 fully saturated rings. The average molecular weight is 405 g/mol. The number of fused-ring (bicyclic) bond motifs is 2. The summed E-state index contributed by atoms with van der Waals surface area (Å²) in [6, 6.07) is 10.4. The number of piperidine rings is 1. The molecule has 1 aliphatic heterocycles. The molecule has 1 spiro atoms. The van der Waals surface area contributed by atoms with Crippen LogP contribution in [0.2, 0.25) is 0 Å². The summed E-state index contributed by atoms with van der Waals surface area (Å²) in [4.78, 5) is 27.3. The molecular weight excluding hydrogens is 376 g/mol. The molecule has 2 aliphatic carbocycles. The molecule has 6 nitrogen and oxygen atoms in total. The summed E-state index contributed by atoms with van der Waals surface area (Å²) < 4.78 is 0. The van der Waals surface area contributed by atoms with Crippen molar-refractivity contribution in [2.24, 2.45) is 5.92 Å². The molecule has 0 bridgehead atoms. The van der Waals surface area contributed by atoms with Crippen LogP contribution in [0.15, 0.2) is 42.7 Å². The van der Waals surface area contributed by atoms with Gasteiger partial charge in [0.05, 0.1) is 18.0 Å². The van der Waals surface area contributed by atoms with E-state index in [1.165, 1.54) is 30.2 Å². The summed E-state index contributed by atoms with van der Waals surface area (Å²) in [5.74, 6) is 1.18. The van der Waals surface area contributed by atoms with Crippen LogP contribution in [0.5, 0.6) is 0 Å². The molecule has 1 unspecified atom stereocenters. The van der Waals surface area contributed by atoms with Crippen LogP contribution in [-0.2, 0) is 10.2 Å². The summed E-state index contributed by atoms with van der Waals surface area (Å²) in [6.45, 7) is 2.30. The molecular formula is C24H28N4O2. The zero-order chi connectivity index (χ0) is 20.6. The van der Waals surface area contributed by atoms with Crippen LogP contribution in [-0.4, -0.2) is 46.5 Å². The molecule has 1 N–H and O–H groups in total. The summed E-state index contributed by atoms with van der Waals surface area (Å²) in [5, 5.41) is 10.7. The van der Waals surface area contributed by atoms with Crippen molar-refractivity contribution in [1.82, 2.24) is 20.4 Å². The number of hydrogen-bond acceptors (Lipinski definition) is 4. The molecule has 2 heterocycles. The minimum Gasteiger partial charge on any atom is -0.356 e. The van der Waals surface area contributed by atoms with Gasteiger partial charge in [-0.15, -0.1) is 0 Å². The van der Waals surface area contributed by atoms with Gasteiger partial charge in [0.2, 0.25) is 5.91 Å². The normalized spacial score (nSPS) is 22.0. The Morgan fingerprint density at radius 1 is 1.10 bits per heavy atom. The van der Waals surface area contributed by atoms with E-state index < -0.39 is 0 Å². The van der Waals surface area contributed by atoms with Gasteiger partial charge in [0.1, 0.15) is 0 Å². The van der Waals surface area contributed by atoms with E-state index in [-0.39, 0.29) is 23.1 Å². The molecule has 2 amide bonds. The quantitative estimate of drug-likeness (QED) is 0.831. The fourth-order valence-corrected chi connectivity index (χ4v) is 5.30. The Bertz CT molecular complexity index is 933. The van der Waals surface area contributed by atoms with E-state index in [9.17, 15) is 9.59 Å². The van der Waals surface area contributed by atoms with Gasteiger partial charge in [0.15, 0.2) is 0 Å². The molecule has 2 aromatic rings. The van der Waals surface area contributed by atoms with Crippen LogP contribution in [0, 0.1) is 5.92 Å². The number of nitrogens with zero attached hydrogens (tertiary/aromatic N) is 3. The molecule has 1 atom stereocenters. The molecule has 1 saturated carbocycles. The van der Waals surface area contributed by atoms with Gasteiger partial charge >= 0.3 is 0 Å². The van der Waals surface area contributed by atoms with Crippen molar-refractivity contribution in [3.05, 3.63) is 59.4 Å². The molecule has 3 aliphatic rings. The molecule has 1 aromatic heterocycles. The highest BCUT2D eigenvalue weighted by Gasteiger charge is 2.46. The van der Waals surface area contributed by atoms with Crippen molar-refractivity contribution in [1.29, 1.82) is 0 Å². The number of rotatable bonds is 5. The van der Waals surface area contributed by atoms with Crippen molar-refractivity contribution in [2.75, 3.05) is 19.6 Å². The average Bonchev–Trinajstić information content (AvgIpc) is 3.58. The topological polar surface area (TPSA) is 75.2 Å². The second-order valence-electron chi connectivity index (χ2n) is 9.14. The Kier molecular flexibility index (Phi) is 5.01. The molecule has 6 heteroatoms. The fraction of sp³-hybridized carbons (Fsp3) is 0.500. The minimum atomic E-state index is 0.0297. The number of hydrogen-bond donors (Lipinski definition) is 1. The highest BCUT2D eigenvalue weighted by atomic mass is 16.2. The lowest BCUT2D eigenvalue weighted by Crippen LogP contribution is -2.44. The van der Waals surface area contributed by atoms with Crippen molar-refractivity contribution in [3.63, 3.8) is 0 Å². The molecule has 5 rings (SSSR count). The third kappa shape index (κ3) is 3.71. The maximum absolute atomic E-state index is 12.8. The number of amides is 2. The first-order chi connectivity index (χ1) is 14.6. The second-order valence-corrected chi connectivity index (χ2v) is 9.14. The van der Waals surface area contributed by atoms with Crippen LogP contribution >= 0.6 is 0 Å². The van der Waals surface area contributed by atoms with E-state index in [2.05, 4.69) is 39.8 Å². The van der Waals surface area contributed by atoms with Crippen LogP contribution in [0.4, 0.5) is 0 Å². The first-order valence-corrected chi connectivity index (χ1v) is 11.1. The van der Waals surface area contributed by atoms with Crippen molar-refractivity contribution < 1.29 is 9.59 Å². The predicted molar refractivity (Wildman–Crippen MR) is 113 cm³/mol. The van der Waals surface area contributed by atoms with Gasteiger partial charge in [0, 0.05) is 26.1 Å². The fourth-order valence-electron chi connectivity index (χ4n) is 5.30. The number of aromatic nitrogens is 2. The number of carbonyl (C=O) groups excluding carboxylic acids is 2. The third-order valence-electron chi connectivity index (χ3n) is 7.16. The van der Waals surface area contributed by atoms with Crippen LogP contribution in [0.3, 0.4) is 0 Å². The van der Waals surface area contributed by atoms with Gasteiger partial charge in [-0.1, -0.05) is 24.3 Å². The molecule has 1 aromatic carbocycles. The van der Waals surface area contributed by atoms with E-state index in [4.69, 9.17) is 0 Å².